The van der Waals surface area contributed by atoms with Gasteiger partial charge >= 0.3 is 0 Å². The van der Waals surface area contributed by atoms with Gasteiger partial charge in [0.05, 0.1) is 0 Å². The van der Waals surface area contributed by atoms with Crippen molar-refractivity contribution in [3.05, 3.63) is 35.9 Å². The topological polar surface area (TPSA) is 34.1 Å². The van der Waals surface area contributed by atoms with Crippen molar-refractivity contribution in [2.45, 2.75) is 0 Å². The highest BCUT2D eigenvalue weighted by Crippen LogP contribution is 2.02. The van der Waals surface area contributed by atoms with Crippen LogP contribution in [0.1, 0.15) is 5.56 Å². The van der Waals surface area contributed by atoms with E-state index in [9.17, 15) is 8.42 Å². The van der Waals surface area contributed by atoms with E-state index >= 15 is 0 Å². The molecular formula is C7H5ClO2S. The summed E-state index contributed by atoms with van der Waals surface area (Å²) < 4.78 is 20.5. The molecule has 11 heavy (non-hydrogen) atoms. The number of rotatable bonds is 1. The van der Waals surface area contributed by atoms with Gasteiger partial charge in [0.2, 0.25) is 10.3 Å². The van der Waals surface area contributed by atoms with Gasteiger partial charge in [-0.25, -0.2) is 0 Å². The molecule has 4 heteroatoms. The Kier molecular flexibility index (Phi) is 2.68. The Hall–Kier alpha value is -0.800. The lowest BCUT2D eigenvalue weighted by molar-refractivity contribution is 0.627. The van der Waals surface area contributed by atoms with Gasteiger partial charge in [0.15, 0.2) is 4.32 Å². The van der Waals surface area contributed by atoms with Crippen LogP contribution in [0, 0.1) is 0 Å². The molecule has 0 atom stereocenters. The first-order valence-corrected chi connectivity index (χ1v) is 4.34. The zero-order valence-corrected chi connectivity index (χ0v) is 7.06. The summed E-state index contributed by atoms with van der Waals surface area (Å²) in [5, 5.41) is 0. The highest BCUT2D eigenvalue weighted by atomic mass is 35.5. The Morgan fingerprint density at radius 3 is 2.18 bits per heavy atom. The van der Waals surface area contributed by atoms with Crippen LogP contribution in [0.25, 0.3) is 0 Å². The number of hydrogen-bond acceptors (Lipinski definition) is 2. The van der Waals surface area contributed by atoms with E-state index in [0.29, 0.717) is 5.56 Å². The van der Waals surface area contributed by atoms with Gasteiger partial charge in [0, 0.05) is 5.56 Å². The minimum absolute atomic E-state index is 0.148. The van der Waals surface area contributed by atoms with Crippen molar-refractivity contribution in [2.75, 3.05) is 0 Å². The van der Waals surface area contributed by atoms with Crippen LogP contribution in [0.4, 0.5) is 0 Å². The van der Waals surface area contributed by atoms with Crippen LogP contribution in [0.2, 0.25) is 0 Å². The van der Waals surface area contributed by atoms with Crippen molar-refractivity contribution in [3.63, 3.8) is 0 Å². The van der Waals surface area contributed by atoms with Crippen LogP contribution in [0.3, 0.4) is 0 Å². The lowest BCUT2D eigenvalue weighted by Crippen LogP contribution is -1.90. The third-order valence-electron chi connectivity index (χ3n) is 1.15. The number of halogens is 1. The first-order chi connectivity index (χ1) is 5.22. The van der Waals surface area contributed by atoms with E-state index in [4.69, 9.17) is 11.6 Å². The van der Waals surface area contributed by atoms with Crippen molar-refractivity contribution in [1.29, 1.82) is 0 Å². The second kappa shape index (κ2) is 3.55. The SMILES string of the molecule is O=S(=O)=C(Cl)c1ccccc1. The van der Waals surface area contributed by atoms with Gasteiger partial charge in [-0.1, -0.05) is 41.9 Å². The van der Waals surface area contributed by atoms with E-state index in [1.807, 2.05) is 0 Å². The molecule has 0 aliphatic rings. The van der Waals surface area contributed by atoms with Crippen molar-refractivity contribution >= 4 is 26.2 Å². The van der Waals surface area contributed by atoms with E-state index in [2.05, 4.69) is 0 Å². The summed E-state index contributed by atoms with van der Waals surface area (Å²) in [5.74, 6) is 0. The average Bonchev–Trinajstić information content (AvgIpc) is 2.05. The molecule has 0 aliphatic heterocycles. The third-order valence-corrected chi connectivity index (χ3v) is 2.27. The molecular weight excluding hydrogens is 184 g/mol. The van der Waals surface area contributed by atoms with Crippen LogP contribution < -0.4 is 0 Å². The summed E-state index contributed by atoms with van der Waals surface area (Å²) in [7, 11) is -2.33. The Morgan fingerprint density at radius 1 is 1.18 bits per heavy atom. The summed E-state index contributed by atoms with van der Waals surface area (Å²) in [6.07, 6.45) is 0. The van der Waals surface area contributed by atoms with Crippen molar-refractivity contribution in [2.24, 2.45) is 0 Å². The fourth-order valence-electron chi connectivity index (χ4n) is 0.665. The van der Waals surface area contributed by atoms with Crippen LogP contribution in [0.5, 0.6) is 0 Å². The molecule has 0 aliphatic carbocycles. The molecule has 0 radical (unpaired) electrons. The van der Waals surface area contributed by atoms with Crippen LogP contribution in [-0.4, -0.2) is 12.7 Å². The second-order valence-corrected chi connectivity index (χ2v) is 3.35. The average molecular weight is 189 g/mol. The normalized spacial score (nSPS) is 9.18. The number of benzene rings is 1. The van der Waals surface area contributed by atoms with E-state index in [0.717, 1.165) is 0 Å². The fourth-order valence-corrected chi connectivity index (χ4v) is 1.12. The van der Waals surface area contributed by atoms with E-state index in [1.165, 1.54) is 0 Å². The minimum Gasteiger partial charge on any atom is -0.183 e. The van der Waals surface area contributed by atoms with Gasteiger partial charge in [-0.05, 0) is 0 Å². The molecule has 0 saturated carbocycles. The van der Waals surface area contributed by atoms with Crippen molar-refractivity contribution in [3.8, 4) is 0 Å². The van der Waals surface area contributed by atoms with Gasteiger partial charge in [-0.3, -0.25) is 0 Å². The summed E-state index contributed by atoms with van der Waals surface area (Å²) >= 11 is 5.45. The predicted octanol–water partition coefficient (Wildman–Crippen LogP) is 1.28. The molecule has 0 spiro atoms. The maximum absolute atomic E-state index is 10.3. The van der Waals surface area contributed by atoms with E-state index in [1.54, 1.807) is 30.3 Å². The summed E-state index contributed by atoms with van der Waals surface area (Å²) in [5.41, 5.74) is 0.516. The summed E-state index contributed by atoms with van der Waals surface area (Å²) in [4.78, 5) is 0. The molecule has 0 amide bonds. The maximum Gasteiger partial charge on any atom is 0.233 e. The largest absolute Gasteiger partial charge is 0.233 e. The van der Waals surface area contributed by atoms with Gasteiger partial charge in [0.1, 0.15) is 0 Å². The summed E-state index contributed by atoms with van der Waals surface area (Å²) in [6, 6.07) is 8.52. The van der Waals surface area contributed by atoms with Crippen molar-refractivity contribution < 1.29 is 8.42 Å². The molecule has 0 aromatic heterocycles. The maximum atomic E-state index is 10.3. The van der Waals surface area contributed by atoms with Gasteiger partial charge in [-0.2, -0.15) is 8.42 Å². The van der Waals surface area contributed by atoms with Gasteiger partial charge < -0.3 is 0 Å². The first-order valence-electron chi connectivity index (χ1n) is 2.89. The number of hydrogen-bond donors (Lipinski definition) is 0. The Balaban J connectivity index is 3.26. The van der Waals surface area contributed by atoms with Crippen molar-refractivity contribution in [1.82, 2.24) is 0 Å². The molecule has 0 N–H and O–H groups in total. The Labute approximate surface area is 71.0 Å². The monoisotopic (exact) mass is 188 g/mol. The molecule has 0 saturated heterocycles. The van der Waals surface area contributed by atoms with E-state index < -0.39 is 10.3 Å². The molecule has 0 unspecified atom stereocenters. The van der Waals surface area contributed by atoms with Crippen LogP contribution in [0.15, 0.2) is 30.3 Å². The standard InChI is InChI=1S/C7H5ClO2S/c8-7(11(9)10)6-4-2-1-3-5-6/h1-5H. The molecule has 2 nitrogen and oxygen atoms in total. The first kappa shape index (κ1) is 8.30. The van der Waals surface area contributed by atoms with Gasteiger partial charge in [0.25, 0.3) is 0 Å². The second-order valence-electron chi connectivity index (χ2n) is 1.87. The lowest BCUT2D eigenvalue weighted by Gasteiger charge is -1.90. The lowest BCUT2D eigenvalue weighted by atomic mass is 10.2. The molecule has 0 heterocycles. The molecule has 1 aromatic carbocycles. The van der Waals surface area contributed by atoms with Crippen LogP contribution >= 0.6 is 11.6 Å². The smallest absolute Gasteiger partial charge is 0.183 e. The Bertz CT molecular complexity index is 359. The zero-order chi connectivity index (χ0) is 8.27. The van der Waals surface area contributed by atoms with Gasteiger partial charge in [-0.15, -0.1) is 0 Å². The molecule has 0 bridgehead atoms. The van der Waals surface area contributed by atoms with Crippen LogP contribution in [-0.2, 0) is 10.3 Å². The van der Waals surface area contributed by atoms with E-state index in [-0.39, 0.29) is 4.32 Å². The highest BCUT2D eigenvalue weighted by Gasteiger charge is 1.97. The Morgan fingerprint density at radius 2 is 1.73 bits per heavy atom. The highest BCUT2D eigenvalue weighted by molar-refractivity contribution is 7.76. The molecule has 1 aromatic rings. The third kappa shape index (κ3) is 2.06. The minimum atomic E-state index is -2.33. The predicted molar refractivity (Wildman–Crippen MR) is 45.3 cm³/mol. The quantitative estimate of drug-likeness (QED) is 0.492. The molecule has 0 fully saturated rings. The fraction of sp³-hybridized carbons (Fsp3) is 0. The summed E-state index contributed by atoms with van der Waals surface area (Å²) in [6.45, 7) is 0. The molecule has 1 rings (SSSR count). The zero-order valence-electron chi connectivity index (χ0n) is 5.49. The molecule has 58 valence electrons.